The van der Waals surface area contributed by atoms with E-state index in [1.807, 2.05) is 0 Å². The number of fused-ring (bicyclic) bond motifs is 1. The van der Waals surface area contributed by atoms with Crippen molar-refractivity contribution in [3.05, 3.63) is 54.0 Å². The number of likely N-dealkylation sites (tertiary alicyclic amines) is 1. The Bertz CT molecular complexity index is 905. The molecule has 1 N–H and O–H groups in total. The fourth-order valence-corrected chi connectivity index (χ4v) is 5.30. The SMILES string of the molecule is O=C(c1ccc(CS(=O)(=O)c2ccccc2)o1)N1CC2CCC(O)C2C1. The maximum atomic E-state index is 12.6. The number of rotatable bonds is 4. The topological polar surface area (TPSA) is 87.8 Å². The smallest absolute Gasteiger partial charge is 0.289 e. The number of aliphatic hydroxyl groups is 1. The molecule has 3 unspecified atom stereocenters. The highest BCUT2D eigenvalue weighted by atomic mass is 32.2. The number of furan rings is 1. The van der Waals surface area contributed by atoms with Gasteiger partial charge in [0, 0.05) is 19.0 Å². The Morgan fingerprint density at radius 1 is 1.12 bits per heavy atom. The summed E-state index contributed by atoms with van der Waals surface area (Å²) in [5.74, 6) is 0.367. The van der Waals surface area contributed by atoms with Crippen LogP contribution in [-0.2, 0) is 15.6 Å². The average Bonchev–Trinajstić information content (AvgIpc) is 3.33. The van der Waals surface area contributed by atoms with Crippen LogP contribution in [0.1, 0.15) is 29.2 Å². The molecular weight excluding hydrogens is 354 g/mol. The molecule has 2 aliphatic rings. The van der Waals surface area contributed by atoms with Gasteiger partial charge in [0.05, 0.1) is 11.0 Å². The van der Waals surface area contributed by atoms with E-state index < -0.39 is 9.84 Å². The van der Waals surface area contributed by atoms with Crippen molar-refractivity contribution in [1.82, 2.24) is 4.90 Å². The first-order valence-corrected chi connectivity index (χ1v) is 10.4. The first kappa shape index (κ1) is 17.3. The van der Waals surface area contributed by atoms with Crippen LogP contribution in [0.3, 0.4) is 0 Å². The highest BCUT2D eigenvalue weighted by molar-refractivity contribution is 7.90. The van der Waals surface area contributed by atoms with Crippen LogP contribution in [0.15, 0.2) is 51.8 Å². The second-order valence-corrected chi connectivity index (χ2v) is 9.11. The summed E-state index contributed by atoms with van der Waals surface area (Å²) in [6.45, 7) is 1.15. The van der Waals surface area contributed by atoms with Gasteiger partial charge in [-0.1, -0.05) is 18.2 Å². The monoisotopic (exact) mass is 375 g/mol. The molecule has 2 fully saturated rings. The molecule has 0 radical (unpaired) electrons. The average molecular weight is 375 g/mol. The van der Waals surface area contributed by atoms with Crippen molar-refractivity contribution >= 4 is 15.7 Å². The van der Waals surface area contributed by atoms with Gasteiger partial charge in [0.15, 0.2) is 15.6 Å². The minimum Gasteiger partial charge on any atom is -0.455 e. The summed E-state index contributed by atoms with van der Waals surface area (Å²) in [7, 11) is -3.52. The zero-order chi connectivity index (χ0) is 18.3. The molecule has 1 saturated carbocycles. The predicted molar refractivity (Wildman–Crippen MR) is 94.2 cm³/mol. The molecule has 3 atom stereocenters. The number of carbonyl (C=O) groups excluding carboxylic acids is 1. The predicted octanol–water partition coefficient (Wildman–Crippen LogP) is 2.10. The number of amides is 1. The molecule has 7 heteroatoms. The molecule has 26 heavy (non-hydrogen) atoms. The molecule has 2 heterocycles. The van der Waals surface area contributed by atoms with E-state index in [9.17, 15) is 18.3 Å². The molecule has 0 bridgehead atoms. The van der Waals surface area contributed by atoms with Gasteiger partial charge < -0.3 is 14.4 Å². The molecule has 1 saturated heterocycles. The van der Waals surface area contributed by atoms with E-state index in [-0.39, 0.29) is 40.1 Å². The molecule has 6 nitrogen and oxygen atoms in total. The van der Waals surface area contributed by atoms with Gasteiger partial charge in [-0.15, -0.1) is 0 Å². The Morgan fingerprint density at radius 2 is 1.88 bits per heavy atom. The largest absolute Gasteiger partial charge is 0.455 e. The molecule has 1 aliphatic carbocycles. The number of carbonyl (C=O) groups is 1. The van der Waals surface area contributed by atoms with E-state index >= 15 is 0 Å². The third-order valence-corrected chi connectivity index (χ3v) is 7.07. The van der Waals surface area contributed by atoms with Crippen LogP contribution in [0.5, 0.6) is 0 Å². The Balaban J connectivity index is 1.46. The fourth-order valence-electron chi connectivity index (χ4n) is 4.03. The summed E-state index contributed by atoms with van der Waals surface area (Å²) in [5, 5.41) is 9.98. The fraction of sp³-hybridized carbons (Fsp3) is 0.421. The van der Waals surface area contributed by atoms with Crippen molar-refractivity contribution in [3.63, 3.8) is 0 Å². The molecule has 1 aromatic carbocycles. The maximum Gasteiger partial charge on any atom is 0.289 e. The van der Waals surface area contributed by atoms with E-state index in [4.69, 9.17) is 4.42 Å². The highest BCUT2D eigenvalue weighted by Crippen LogP contribution is 2.38. The number of sulfone groups is 1. The molecule has 1 aromatic heterocycles. The summed E-state index contributed by atoms with van der Waals surface area (Å²) in [4.78, 5) is 14.6. The minimum atomic E-state index is -3.52. The minimum absolute atomic E-state index is 0.145. The highest BCUT2D eigenvalue weighted by Gasteiger charge is 2.43. The lowest BCUT2D eigenvalue weighted by Gasteiger charge is -2.17. The molecule has 138 valence electrons. The Kier molecular flexibility index (Phi) is 4.36. The summed E-state index contributed by atoms with van der Waals surface area (Å²) in [6.07, 6.45) is 1.41. The van der Waals surface area contributed by atoms with Crippen molar-refractivity contribution in [2.75, 3.05) is 13.1 Å². The van der Waals surface area contributed by atoms with Crippen LogP contribution >= 0.6 is 0 Å². The van der Waals surface area contributed by atoms with Crippen LogP contribution in [0, 0.1) is 11.8 Å². The lowest BCUT2D eigenvalue weighted by Crippen LogP contribution is -2.30. The molecule has 0 spiro atoms. The van der Waals surface area contributed by atoms with Crippen molar-refractivity contribution in [2.24, 2.45) is 11.8 Å². The first-order chi connectivity index (χ1) is 12.4. The molecule has 2 aromatic rings. The van der Waals surface area contributed by atoms with Gasteiger partial charge in [-0.25, -0.2) is 8.42 Å². The van der Waals surface area contributed by atoms with Crippen molar-refractivity contribution < 1.29 is 22.7 Å². The van der Waals surface area contributed by atoms with Crippen LogP contribution in [0.2, 0.25) is 0 Å². The van der Waals surface area contributed by atoms with E-state index in [1.165, 1.54) is 6.07 Å². The van der Waals surface area contributed by atoms with Gasteiger partial charge in [-0.05, 0) is 43.0 Å². The van der Waals surface area contributed by atoms with Gasteiger partial charge in [0.1, 0.15) is 11.5 Å². The van der Waals surface area contributed by atoms with E-state index in [0.717, 1.165) is 12.8 Å². The molecule has 4 rings (SSSR count). The summed E-state index contributed by atoms with van der Waals surface area (Å²) < 4.78 is 30.4. The number of hydrogen-bond donors (Lipinski definition) is 1. The van der Waals surface area contributed by atoms with Crippen LogP contribution in [-0.4, -0.2) is 43.5 Å². The lowest BCUT2D eigenvalue weighted by molar-refractivity contribution is 0.0720. The normalized spacial score (nSPS) is 25.4. The number of aliphatic hydroxyl groups excluding tert-OH is 1. The van der Waals surface area contributed by atoms with Crippen molar-refractivity contribution in [3.8, 4) is 0 Å². The van der Waals surface area contributed by atoms with Gasteiger partial charge in [0.2, 0.25) is 0 Å². The van der Waals surface area contributed by atoms with Crippen molar-refractivity contribution in [1.29, 1.82) is 0 Å². The number of benzene rings is 1. The number of nitrogens with zero attached hydrogens (tertiary/aromatic N) is 1. The van der Waals surface area contributed by atoms with Crippen LogP contribution in [0.25, 0.3) is 0 Å². The van der Waals surface area contributed by atoms with E-state index in [2.05, 4.69) is 0 Å². The Hall–Kier alpha value is -2.12. The third-order valence-electron chi connectivity index (χ3n) is 5.41. The van der Waals surface area contributed by atoms with Gasteiger partial charge in [-0.3, -0.25) is 4.79 Å². The molecule has 1 amide bonds. The van der Waals surface area contributed by atoms with Gasteiger partial charge in [0.25, 0.3) is 5.91 Å². The third kappa shape index (κ3) is 3.17. The van der Waals surface area contributed by atoms with Gasteiger partial charge >= 0.3 is 0 Å². The lowest BCUT2D eigenvalue weighted by atomic mass is 10.00. The summed E-state index contributed by atoms with van der Waals surface area (Å²) >= 11 is 0. The zero-order valence-electron chi connectivity index (χ0n) is 14.2. The standard InChI is InChI=1S/C19H21NO5S/c21-17-8-6-13-10-20(11-16(13)17)19(22)18-9-7-14(25-18)12-26(23,24)15-4-2-1-3-5-15/h1-5,7,9,13,16-17,21H,6,8,10-12H2. The number of hydrogen-bond acceptors (Lipinski definition) is 5. The Labute approximate surface area is 152 Å². The molecule has 1 aliphatic heterocycles. The van der Waals surface area contributed by atoms with Crippen LogP contribution < -0.4 is 0 Å². The first-order valence-electron chi connectivity index (χ1n) is 8.78. The summed E-state index contributed by atoms with van der Waals surface area (Å²) in [6, 6.07) is 11.2. The Morgan fingerprint density at radius 3 is 2.62 bits per heavy atom. The quantitative estimate of drug-likeness (QED) is 0.884. The second-order valence-electron chi connectivity index (χ2n) is 7.12. The van der Waals surface area contributed by atoms with Gasteiger partial charge in [-0.2, -0.15) is 0 Å². The van der Waals surface area contributed by atoms with Crippen molar-refractivity contribution in [2.45, 2.75) is 29.6 Å². The molecular formula is C19H21NO5S. The maximum absolute atomic E-state index is 12.6. The van der Waals surface area contributed by atoms with E-state index in [0.29, 0.717) is 19.0 Å². The van der Waals surface area contributed by atoms with Crippen LogP contribution in [0.4, 0.5) is 0 Å². The second kappa shape index (κ2) is 6.55. The zero-order valence-corrected chi connectivity index (χ0v) is 15.1. The van der Waals surface area contributed by atoms with E-state index in [1.54, 1.807) is 41.3 Å². The summed E-state index contributed by atoms with van der Waals surface area (Å²) in [5.41, 5.74) is 0.